The van der Waals surface area contributed by atoms with Gasteiger partial charge < -0.3 is 4.98 Å². The van der Waals surface area contributed by atoms with Gasteiger partial charge in [0.1, 0.15) is 5.82 Å². The number of hydrogen-bond acceptors (Lipinski definition) is 1. The Hall–Kier alpha value is -3.17. The van der Waals surface area contributed by atoms with E-state index in [0.29, 0.717) is 0 Å². The second-order valence-electron chi connectivity index (χ2n) is 6.71. The number of aromatic amines is 1. The molecular weight excluding hydrogens is 408 g/mol. The molecule has 3 heteroatoms. The number of aromatic nitrogens is 2. The largest absolute Gasteiger partial charge is 0.337 e. The van der Waals surface area contributed by atoms with Crippen molar-refractivity contribution < 1.29 is 0 Å². The summed E-state index contributed by atoms with van der Waals surface area (Å²) in [5.41, 5.74) is 5.32. The standard InChI is InChI=1S/C25H17BrN2/c26-20-15-13-19(14-16-20)24-23(18-8-2-1-3-9-18)27-25(28-24)22-12-6-10-17-7-4-5-11-21(17)22/h1-16H,(H,27,28). The number of halogens is 1. The van der Waals surface area contributed by atoms with E-state index in [4.69, 9.17) is 4.98 Å². The van der Waals surface area contributed by atoms with Gasteiger partial charge in [0.05, 0.1) is 11.4 Å². The summed E-state index contributed by atoms with van der Waals surface area (Å²) in [7, 11) is 0. The van der Waals surface area contributed by atoms with Crippen LogP contribution in [0, 0.1) is 0 Å². The summed E-state index contributed by atoms with van der Waals surface area (Å²) in [5, 5.41) is 2.41. The second kappa shape index (κ2) is 7.10. The number of hydrogen-bond donors (Lipinski definition) is 1. The van der Waals surface area contributed by atoms with Crippen LogP contribution in [0.15, 0.2) is 102 Å². The summed E-state index contributed by atoms with van der Waals surface area (Å²) < 4.78 is 1.06. The number of nitrogens with zero attached hydrogens (tertiary/aromatic N) is 1. The smallest absolute Gasteiger partial charge is 0.139 e. The number of benzene rings is 4. The molecule has 1 N–H and O–H groups in total. The van der Waals surface area contributed by atoms with Gasteiger partial charge in [-0.2, -0.15) is 0 Å². The molecule has 0 saturated heterocycles. The quantitative estimate of drug-likeness (QED) is 0.322. The number of rotatable bonds is 3. The van der Waals surface area contributed by atoms with Gasteiger partial charge in [-0.3, -0.25) is 0 Å². The van der Waals surface area contributed by atoms with Crippen molar-refractivity contribution in [3.05, 3.63) is 102 Å². The lowest BCUT2D eigenvalue weighted by Gasteiger charge is -2.04. The van der Waals surface area contributed by atoms with Gasteiger partial charge in [0, 0.05) is 21.2 Å². The summed E-state index contributed by atoms with van der Waals surface area (Å²) in [6.07, 6.45) is 0. The lowest BCUT2D eigenvalue weighted by molar-refractivity contribution is 1.32. The number of nitrogens with one attached hydrogen (secondary N) is 1. The third kappa shape index (κ3) is 3.04. The maximum atomic E-state index is 5.03. The zero-order valence-electron chi connectivity index (χ0n) is 15.1. The highest BCUT2D eigenvalue weighted by Crippen LogP contribution is 2.35. The molecule has 0 unspecified atom stereocenters. The van der Waals surface area contributed by atoms with Crippen molar-refractivity contribution >= 4 is 26.7 Å². The molecule has 0 spiro atoms. The fraction of sp³-hybridized carbons (Fsp3) is 0. The van der Waals surface area contributed by atoms with Gasteiger partial charge in [0.2, 0.25) is 0 Å². The molecular formula is C25H17BrN2. The fourth-order valence-electron chi connectivity index (χ4n) is 3.56. The van der Waals surface area contributed by atoms with E-state index in [0.717, 1.165) is 38.4 Å². The molecule has 0 amide bonds. The van der Waals surface area contributed by atoms with Gasteiger partial charge in [-0.25, -0.2) is 4.98 Å². The summed E-state index contributed by atoms with van der Waals surface area (Å²) in [5.74, 6) is 0.883. The van der Waals surface area contributed by atoms with Gasteiger partial charge in [0.25, 0.3) is 0 Å². The highest BCUT2D eigenvalue weighted by molar-refractivity contribution is 9.10. The fourth-order valence-corrected chi connectivity index (χ4v) is 3.83. The summed E-state index contributed by atoms with van der Waals surface area (Å²) in [6.45, 7) is 0. The zero-order chi connectivity index (χ0) is 18.9. The predicted octanol–water partition coefficient (Wildman–Crippen LogP) is 7.33. The van der Waals surface area contributed by atoms with Crippen molar-refractivity contribution in [3.8, 4) is 33.9 Å². The average molecular weight is 425 g/mol. The Morgan fingerprint density at radius 3 is 2.18 bits per heavy atom. The van der Waals surface area contributed by atoms with E-state index < -0.39 is 0 Å². The Morgan fingerprint density at radius 1 is 0.643 bits per heavy atom. The molecule has 0 aliphatic rings. The molecule has 4 aromatic carbocycles. The molecule has 0 aliphatic carbocycles. The van der Waals surface area contributed by atoms with Crippen LogP contribution >= 0.6 is 15.9 Å². The van der Waals surface area contributed by atoms with Crippen molar-refractivity contribution in [1.29, 1.82) is 0 Å². The van der Waals surface area contributed by atoms with Crippen LogP contribution in [0.4, 0.5) is 0 Å². The number of fused-ring (bicyclic) bond motifs is 1. The minimum Gasteiger partial charge on any atom is -0.337 e. The molecule has 28 heavy (non-hydrogen) atoms. The summed E-state index contributed by atoms with van der Waals surface area (Å²) >= 11 is 3.52. The van der Waals surface area contributed by atoms with Gasteiger partial charge in [-0.15, -0.1) is 0 Å². The number of imidazole rings is 1. The number of H-pyrrole nitrogens is 1. The molecule has 1 aromatic heterocycles. The first-order valence-corrected chi connectivity index (χ1v) is 9.98. The minimum absolute atomic E-state index is 0.883. The normalized spacial score (nSPS) is 11.0. The molecule has 0 aliphatic heterocycles. The lowest BCUT2D eigenvalue weighted by atomic mass is 10.0. The monoisotopic (exact) mass is 424 g/mol. The summed E-state index contributed by atoms with van der Waals surface area (Å²) in [6, 6.07) is 33.4. The van der Waals surface area contributed by atoms with Crippen LogP contribution in [-0.2, 0) is 0 Å². The van der Waals surface area contributed by atoms with E-state index in [1.54, 1.807) is 0 Å². The first-order chi connectivity index (χ1) is 13.8. The van der Waals surface area contributed by atoms with Crippen LogP contribution in [0.2, 0.25) is 0 Å². The molecule has 5 rings (SSSR count). The molecule has 0 fully saturated rings. The van der Waals surface area contributed by atoms with Crippen molar-refractivity contribution in [1.82, 2.24) is 9.97 Å². The average Bonchev–Trinajstić information content (AvgIpc) is 3.20. The molecule has 1 heterocycles. The highest BCUT2D eigenvalue weighted by Gasteiger charge is 2.16. The molecule has 2 nitrogen and oxygen atoms in total. The molecule has 0 atom stereocenters. The van der Waals surface area contributed by atoms with Crippen LogP contribution in [0.25, 0.3) is 44.7 Å². The predicted molar refractivity (Wildman–Crippen MR) is 120 cm³/mol. The minimum atomic E-state index is 0.883. The first-order valence-electron chi connectivity index (χ1n) is 9.19. The van der Waals surface area contributed by atoms with E-state index in [2.05, 4.69) is 99.8 Å². The Bertz CT molecular complexity index is 1250. The Morgan fingerprint density at radius 2 is 1.36 bits per heavy atom. The first kappa shape index (κ1) is 17.0. The van der Waals surface area contributed by atoms with Crippen LogP contribution in [0.5, 0.6) is 0 Å². The maximum absolute atomic E-state index is 5.03. The highest BCUT2D eigenvalue weighted by atomic mass is 79.9. The van der Waals surface area contributed by atoms with E-state index in [1.807, 2.05) is 18.2 Å². The van der Waals surface area contributed by atoms with E-state index in [9.17, 15) is 0 Å². The molecule has 134 valence electrons. The van der Waals surface area contributed by atoms with E-state index >= 15 is 0 Å². The van der Waals surface area contributed by atoms with Crippen molar-refractivity contribution in [2.45, 2.75) is 0 Å². The van der Waals surface area contributed by atoms with E-state index in [1.165, 1.54) is 10.8 Å². The van der Waals surface area contributed by atoms with Crippen molar-refractivity contribution in [2.24, 2.45) is 0 Å². The molecule has 5 aromatic rings. The third-order valence-electron chi connectivity index (χ3n) is 4.93. The van der Waals surface area contributed by atoms with Gasteiger partial charge >= 0.3 is 0 Å². The molecule has 0 radical (unpaired) electrons. The molecule has 0 bridgehead atoms. The third-order valence-corrected chi connectivity index (χ3v) is 5.46. The van der Waals surface area contributed by atoms with Crippen LogP contribution < -0.4 is 0 Å². The Labute approximate surface area is 172 Å². The zero-order valence-corrected chi connectivity index (χ0v) is 16.6. The van der Waals surface area contributed by atoms with Crippen molar-refractivity contribution in [2.75, 3.05) is 0 Å². The van der Waals surface area contributed by atoms with E-state index in [-0.39, 0.29) is 0 Å². The molecule has 0 saturated carbocycles. The second-order valence-corrected chi connectivity index (χ2v) is 7.62. The topological polar surface area (TPSA) is 28.7 Å². The Balaban J connectivity index is 1.75. The van der Waals surface area contributed by atoms with Crippen LogP contribution in [0.3, 0.4) is 0 Å². The SMILES string of the molecule is Brc1ccc(-c2[nH]c(-c3cccc4ccccc34)nc2-c2ccccc2)cc1. The van der Waals surface area contributed by atoms with Gasteiger partial charge in [0.15, 0.2) is 0 Å². The van der Waals surface area contributed by atoms with Gasteiger partial charge in [-0.05, 0) is 22.9 Å². The van der Waals surface area contributed by atoms with Crippen molar-refractivity contribution in [3.63, 3.8) is 0 Å². The maximum Gasteiger partial charge on any atom is 0.139 e. The lowest BCUT2D eigenvalue weighted by Crippen LogP contribution is -1.83. The Kier molecular flexibility index (Phi) is 4.30. The van der Waals surface area contributed by atoms with Crippen LogP contribution in [0.1, 0.15) is 0 Å². The van der Waals surface area contributed by atoms with Crippen LogP contribution in [-0.4, -0.2) is 9.97 Å². The van der Waals surface area contributed by atoms with Gasteiger partial charge in [-0.1, -0.05) is 101 Å². The summed E-state index contributed by atoms with van der Waals surface area (Å²) in [4.78, 5) is 8.63.